The lowest BCUT2D eigenvalue weighted by atomic mass is 9.83. The molecule has 0 spiro atoms. The lowest BCUT2D eigenvalue weighted by molar-refractivity contribution is -0.119. The maximum absolute atomic E-state index is 12.4. The van der Waals surface area contributed by atoms with Gasteiger partial charge >= 0.3 is 0 Å². The van der Waals surface area contributed by atoms with Gasteiger partial charge in [-0.15, -0.1) is 0 Å². The predicted octanol–water partition coefficient (Wildman–Crippen LogP) is 5.18. The van der Waals surface area contributed by atoms with Gasteiger partial charge in [-0.3, -0.25) is 4.79 Å². The van der Waals surface area contributed by atoms with Crippen LogP contribution in [-0.4, -0.2) is 29.0 Å². The highest BCUT2D eigenvalue weighted by Crippen LogP contribution is 2.40. The summed E-state index contributed by atoms with van der Waals surface area (Å²) < 4.78 is 0. The van der Waals surface area contributed by atoms with Crippen LogP contribution < -0.4 is 21.3 Å². The van der Waals surface area contributed by atoms with E-state index in [9.17, 15) is 4.79 Å². The zero-order valence-electron chi connectivity index (χ0n) is 19.4. The molecule has 7 nitrogen and oxygen atoms in total. The van der Waals surface area contributed by atoms with E-state index in [4.69, 9.17) is 11.6 Å². The fourth-order valence-electron chi connectivity index (χ4n) is 4.84. The summed E-state index contributed by atoms with van der Waals surface area (Å²) in [6, 6.07) is 14.4. The molecule has 5 rings (SSSR count). The molecule has 1 fully saturated rings. The number of anilines is 4. The van der Waals surface area contributed by atoms with E-state index in [-0.39, 0.29) is 5.91 Å². The molecule has 3 aromatic rings. The number of benzene rings is 2. The summed E-state index contributed by atoms with van der Waals surface area (Å²) in [5.41, 5.74) is 4.61. The Balaban J connectivity index is 1.29. The SMILES string of the molecule is CC1(C)C(=O)Nc2cccc(CNc3nc(Nc4ccc(C5CCNCC5)cc4)ncc3Cl)c21. The molecule has 2 aliphatic rings. The quantitative estimate of drug-likeness (QED) is 0.391. The fraction of sp³-hybridized carbons (Fsp3) is 0.346. The number of hydrogen-bond donors (Lipinski definition) is 4. The molecular weight excluding hydrogens is 448 g/mol. The number of nitrogens with one attached hydrogen (secondary N) is 4. The first-order chi connectivity index (χ1) is 16.4. The van der Waals surface area contributed by atoms with Crippen molar-refractivity contribution in [2.75, 3.05) is 29.0 Å². The first-order valence-electron chi connectivity index (χ1n) is 11.7. The summed E-state index contributed by atoms with van der Waals surface area (Å²) in [4.78, 5) is 21.3. The second-order valence-electron chi connectivity index (χ2n) is 9.43. The van der Waals surface area contributed by atoms with E-state index in [1.807, 2.05) is 32.0 Å². The zero-order valence-corrected chi connectivity index (χ0v) is 20.2. The van der Waals surface area contributed by atoms with Crippen LogP contribution in [0.2, 0.25) is 5.02 Å². The van der Waals surface area contributed by atoms with Crippen LogP contribution in [0.4, 0.5) is 23.1 Å². The summed E-state index contributed by atoms with van der Waals surface area (Å²) >= 11 is 6.38. The van der Waals surface area contributed by atoms with Crippen LogP contribution in [0.1, 0.15) is 49.3 Å². The van der Waals surface area contributed by atoms with E-state index in [1.165, 1.54) is 18.4 Å². The minimum absolute atomic E-state index is 0.00711. The molecule has 8 heteroatoms. The normalized spacial score (nSPS) is 17.2. The van der Waals surface area contributed by atoms with Crippen LogP contribution in [-0.2, 0) is 16.8 Å². The molecule has 2 aromatic carbocycles. The lowest BCUT2D eigenvalue weighted by Crippen LogP contribution is -2.28. The number of fused-ring (bicyclic) bond motifs is 1. The summed E-state index contributed by atoms with van der Waals surface area (Å²) in [7, 11) is 0. The third kappa shape index (κ3) is 4.45. The highest BCUT2D eigenvalue weighted by molar-refractivity contribution is 6.32. The number of carbonyl (C=O) groups is 1. The van der Waals surface area contributed by atoms with Crippen molar-refractivity contribution in [1.29, 1.82) is 0 Å². The predicted molar refractivity (Wildman–Crippen MR) is 137 cm³/mol. The Kier molecular flexibility index (Phi) is 6.15. The first-order valence-corrected chi connectivity index (χ1v) is 12.1. The van der Waals surface area contributed by atoms with Crippen LogP contribution in [0.5, 0.6) is 0 Å². The summed E-state index contributed by atoms with van der Waals surface area (Å²) in [5.74, 6) is 1.63. The minimum Gasteiger partial charge on any atom is -0.365 e. The monoisotopic (exact) mass is 476 g/mol. The number of nitrogens with zero attached hydrogens (tertiary/aromatic N) is 2. The summed E-state index contributed by atoms with van der Waals surface area (Å²) in [6.45, 7) is 6.52. The highest BCUT2D eigenvalue weighted by Gasteiger charge is 2.39. The Morgan fingerprint density at radius 3 is 2.65 bits per heavy atom. The van der Waals surface area contributed by atoms with Crippen molar-refractivity contribution in [2.45, 2.75) is 44.6 Å². The Bertz CT molecular complexity index is 1200. The second-order valence-corrected chi connectivity index (χ2v) is 9.84. The van der Waals surface area contributed by atoms with Crippen LogP contribution in [0.15, 0.2) is 48.7 Å². The molecule has 4 N–H and O–H groups in total. The standard InChI is InChI=1S/C26H29ClN6O/c1-26(2)22-18(4-3-5-21(22)32-24(26)34)14-29-23-20(27)15-30-25(33-23)31-19-8-6-16(7-9-19)17-10-12-28-13-11-17/h3-9,15,17,28H,10-14H2,1-2H3,(H,32,34)(H2,29,30,31,33). The van der Waals surface area contributed by atoms with Gasteiger partial charge < -0.3 is 21.3 Å². The molecule has 0 unspecified atom stereocenters. The number of rotatable bonds is 6. The average molecular weight is 477 g/mol. The molecular formula is C26H29ClN6O. The Labute approximate surface area is 204 Å². The molecule has 0 bridgehead atoms. The molecule has 0 atom stereocenters. The maximum Gasteiger partial charge on any atom is 0.234 e. The smallest absolute Gasteiger partial charge is 0.234 e. The van der Waals surface area contributed by atoms with Gasteiger partial charge in [0.25, 0.3) is 0 Å². The van der Waals surface area contributed by atoms with Crippen LogP contribution in [0, 0.1) is 0 Å². The fourth-order valence-corrected chi connectivity index (χ4v) is 4.99. The van der Waals surface area contributed by atoms with Gasteiger partial charge in [-0.1, -0.05) is 35.9 Å². The van der Waals surface area contributed by atoms with Crippen molar-refractivity contribution < 1.29 is 4.79 Å². The van der Waals surface area contributed by atoms with Crippen LogP contribution in [0.25, 0.3) is 0 Å². The second kappa shape index (κ2) is 9.24. The summed E-state index contributed by atoms with van der Waals surface area (Å²) in [6.07, 6.45) is 3.94. The topological polar surface area (TPSA) is 91.0 Å². The molecule has 3 heterocycles. The molecule has 176 valence electrons. The van der Waals surface area contributed by atoms with Gasteiger partial charge in [-0.25, -0.2) is 4.98 Å². The highest BCUT2D eigenvalue weighted by atomic mass is 35.5. The third-order valence-corrected chi connectivity index (χ3v) is 7.04. The Hall–Kier alpha value is -3.16. The Morgan fingerprint density at radius 1 is 1.12 bits per heavy atom. The third-order valence-electron chi connectivity index (χ3n) is 6.76. The van der Waals surface area contributed by atoms with E-state index in [0.717, 1.165) is 35.6 Å². The number of carbonyl (C=O) groups excluding carboxylic acids is 1. The molecule has 0 saturated carbocycles. The van der Waals surface area contributed by atoms with Gasteiger partial charge in [-0.2, -0.15) is 4.98 Å². The number of hydrogen-bond acceptors (Lipinski definition) is 6. The largest absolute Gasteiger partial charge is 0.365 e. The minimum atomic E-state index is -0.587. The molecule has 1 saturated heterocycles. The molecule has 2 aliphatic heterocycles. The average Bonchev–Trinajstić information content (AvgIpc) is 3.09. The van der Waals surface area contributed by atoms with Gasteiger partial charge in [-0.05, 0) is 80.6 Å². The van der Waals surface area contributed by atoms with E-state index < -0.39 is 5.41 Å². The van der Waals surface area contributed by atoms with Crippen LogP contribution in [0.3, 0.4) is 0 Å². The van der Waals surface area contributed by atoms with Gasteiger partial charge in [0.1, 0.15) is 5.02 Å². The van der Waals surface area contributed by atoms with Gasteiger partial charge in [0.2, 0.25) is 11.9 Å². The van der Waals surface area contributed by atoms with Crippen molar-refractivity contribution in [3.05, 3.63) is 70.4 Å². The van der Waals surface area contributed by atoms with Crippen molar-refractivity contribution in [2.24, 2.45) is 0 Å². The molecule has 34 heavy (non-hydrogen) atoms. The maximum atomic E-state index is 12.4. The van der Waals surface area contributed by atoms with E-state index in [0.29, 0.717) is 29.3 Å². The first kappa shape index (κ1) is 22.6. The van der Waals surface area contributed by atoms with E-state index >= 15 is 0 Å². The van der Waals surface area contributed by atoms with E-state index in [2.05, 4.69) is 55.5 Å². The number of amides is 1. The van der Waals surface area contributed by atoms with Crippen LogP contribution >= 0.6 is 11.6 Å². The van der Waals surface area contributed by atoms with Gasteiger partial charge in [0, 0.05) is 17.9 Å². The lowest BCUT2D eigenvalue weighted by Gasteiger charge is -2.23. The Morgan fingerprint density at radius 2 is 1.88 bits per heavy atom. The summed E-state index contributed by atoms with van der Waals surface area (Å²) in [5, 5.41) is 13.4. The number of aromatic nitrogens is 2. The zero-order chi connectivity index (χ0) is 23.7. The molecule has 0 aliphatic carbocycles. The van der Waals surface area contributed by atoms with Gasteiger partial charge in [0.05, 0.1) is 11.6 Å². The van der Waals surface area contributed by atoms with E-state index in [1.54, 1.807) is 6.20 Å². The molecule has 1 aromatic heterocycles. The molecule has 1 amide bonds. The molecule has 0 radical (unpaired) electrons. The van der Waals surface area contributed by atoms with Crippen molar-refractivity contribution in [3.63, 3.8) is 0 Å². The van der Waals surface area contributed by atoms with Crippen molar-refractivity contribution in [1.82, 2.24) is 15.3 Å². The van der Waals surface area contributed by atoms with Gasteiger partial charge in [0.15, 0.2) is 5.82 Å². The number of piperidine rings is 1. The number of halogens is 1. The van der Waals surface area contributed by atoms with Crippen molar-refractivity contribution >= 4 is 40.6 Å². The van der Waals surface area contributed by atoms with Crippen molar-refractivity contribution in [3.8, 4) is 0 Å².